The van der Waals surface area contributed by atoms with Crippen molar-refractivity contribution in [3.8, 4) is 22.8 Å². The summed E-state index contributed by atoms with van der Waals surface area (Å²) in [5.74, 6) is -1.08. The number of halogens is 1. The average molecular weight is 833 g/mol. The number of carbonyl (C=O) groups excluding carboxylic acids is 5. The zero-order valence-corrected chi connectivity index (χ0v) is 33.8. The van der Waals surface area contributed by atoms with Crippen LogP contribution in [0.4, 0.5) is 26.4 Å². The molecule has 4 aromatic rings. The van der Waals surface area contributed by atoms with E-state index in [2.05, 4.69) is 35.7 Å². The number of ether oxygens (including phenoxy) is 3. The summed E-state index contributed by atoms with van der Waals surface area (Å²) in [6.45, 7) is 7.52. The number of hydrogen-bond acceptors (Lipinski definition) is 13. The molecule has 61 heavy (non-hydrogen) atoms. The summed E-state index contributed by atoms with van der Waals surface area (Å²) in [5.41, 5.74) is 3.93. The lowest BCUT2D eigenvalue weighted by Crippen LogP contribution is -2.55. The number of fused-ring (bicyclic) bond motifs is 3. The summed E-state index contributed by atoms with van der Waals surface area (Å²) in [6.07, 6.45) is 6.25. The van der Waals surface area contributed by atoms with Crippen molar-refractivity contribution in [2.75, 3.05) is 68.5 Å². The zero-order chi connectivity index (χ0) is 42.2. The van der Waals surface area contributed by atoms with E-state index in [0.717, 1.165) is 80.2 Å². The van der Waals surface area contributed by atoms with Gasteiger partial charge in [0, 0.05) is 79.2 Å². The smallest absolute Gasteiger partial charge is 0.413 e. The molecule has 1 atom stereocenters. The van der Waals surface area contributed by atoms with Crippen molar-refractivity contribution in [3.63, 3.8) is 0 Å². The molecule has 0 bridgehead atoms. The van der Waals surface area contributed by atoms with Crippen molar-refractivity contribution in [2.45, 2.75) is 57.6 Å². The maximum absolute atomic E-state index is 15.3. The second-order valence-corrected chi connectivity index (χ2v) is 17.2. The third-order valence-electron chi connectivity index (χ3n) is 13.3. The molecule has 10 rings (SSSR count). The highest BCUT2D eigenvalue weighted by molar-refractivity contribution is 6.25. The third kappa shape index (κ3) is 6.93. The van der Waals surface area contributed by atoms with E-state index in [0.29, 0.717) is 52.7 Å². The van der Waals surface area contributed by atoms with Gasteiger partial charge in [-0.3, -0.25) is 34.7 Å². The van der Waals surface area contributed by atoms with Crippen LogP contribution >= 0.6 is 0 Å². The number of likely N-dealkylation sites (tertiary alicyclic amines) is 1. The number of nitrogens with one attached hydrogen (secondary N) is 3. The van der Waals surface area contributed by atoms with E-state index in [1.165, 1.54) is 19.4 Å². The highest BCUT2D eigenvalue weighted by atomic mass is 19.1. The van der Waals surface area contributed by atoms with Gasteiger partial charge in [-0.05, 0) is 92.7 Å². The van der Waals surface area contributed by atoms with Crippen LogP contribution in [0.1, 0.15) is 64.8 Å². The number of carbonyl (C=O) groups is 5. The Morgan fingerprint density at radius 3 is 2.56 bits per heavy atom. The predicted molar refractivity (Wildman–Crippen MR) is 220 cm³/mol. The molecule has 3 N–H and O–H groups in total. The molecule has 2 aromatic heterocycles. The molecule has 1 spiro atoms. The van der Waals surface area contributed by atoms with Crippen molar-refractivity contribution >= 4 is 57.7 Å². The molecule has 4 fully saturated rings. The van der Waals surface area contributed by atoms with E-state index in [1.807, 2.05) is 6.92 Å². The Hall–Kier alpha value is -6.36. The van der Waals surface area contributed by atoms with Crippen molar-refractivity contribution in [3.05, 3.63) is 65.2 Å². The minimum Gasteiger partial charge on any atom is -0.496 e. The van der Waals surface area contributed by atoms with Crippen LogP contribution in [0.15, 0.2) is 42.7 Å². The van der Waals surface area contributed by atoms with Crippen molar-refractivity contribution in [1.29, 1.82) is 0 Å². The summed E-state index contributed by atoms with van der Waals surface area (Å²) in [7, 11) is 1.45. The molecule has 6 aliphatic rings. The first kappa shape index (κ1) is 38.8. The van der Waals surface area contributed by atoms with Crippen molar-refractivity contribution in [2.24, 2.45) is 11.3 Å². The number of methoxy groups -OCH3 is 1. The standard InChI is InChI=1S/C44H45FN8O8/c1-23-31(19-48-40-38(23)46-7-10-60-40)29-11-25-13-35(47-18-26(25)12-32(29)45)49-43(58)61-28-16-44(17-28)5-8-51(9-6-44)20-24-21-52(22-24)27-14-30-37(34(15-27)59-2)42(57)53(41(30)56)33-3-4-36(54)50-39(33)55/h11-15,18-19,24,28,33,46H,3-10,16-17,20-22H2,1-2H3,(H,47,49,58)(H,50,54,55). The fraction of sp³-hybridized carbons (Fsp3) is 0.432. The van der Waals surface area contributed by atoms with Gasteiger partial charge in [0.1, 0.15) is 41.8 Å². The lowest BCUT2D eigenvalue weighted by molar-refractivity contribution is -0.136. The van der Waals surface area contributed by atoms with E-state index in [9.17, 15) is 24.0 Å². The topological polar surface area (TPSA) is 185 Å². The Morgan fingerprint density at radius 2 is 1.79 bits per heavy atom. The van der Waals surface area contributed by atoms with Crippen LogP contribution in [0.5, 0.6) is 11.6 Å². The average Bonchev–Trinajstić information content (AvgIpc) is 3.47. The Kier molecular flexibility index (Phi) is 9.53. The van der Waals surface area contributed by atoms with Crippen LogP contribution in [0.2, 0.25) is 0 Å². The number of hydrogen-bond donors (Lipinski definition) is 3. The van der Waals surface area contributed by atoms with E-state index < -0.39 is 41.6 Å². The Morgan fingerprint density at radius 1 is 0.984 bits per heavy atom. The normalized spacial score (nSPS) is 21.3. The first-order chi connectivity index (χ1) is 29.5. The molecule has 17 heteroatoms. The van der Waals surface area contributed by atoms with Gasteiger partial charge in [-0.15, -0.1) is 0 Å². The van der Waals surface area contributed by atoms with Gasteiger partial charge in [0.25, 0.3) is 11.8 Å². The summed E-state index contributed by atoms with van der Waals surface area (Å²) < 4.78 is 32.3. The van der Waals surface area contributed by atoms with Gasteiger partial charge in [-0.2, -0.15) is 0 Å². The molecule has 5 aliphatic heterocycles. The highest BCUT2D eigenvalue weighted by Gasteiger charge is 2.49. The molecule has 3 saturated heterocycles. The zero-order valence-electron chi connectivity index (χ0n) is 33.8. The molecule has 0 radical (unpaired) electrons. The van der Waals surface area contributed by atoms with Crippen LogP contribution in [0, 0.1) is 24.1 Å². The van der Waals surface area contributed by atoms with Gasteiger partial charge >= 0.3 is 6.09 Å². The number of imide groups is 2. The Labute approximate surface area is 350 Å². The summed E-state index contributed by atoms with van der Waals surface area (Å²) in [6, 6.07) is 7.33. The summed E-state index contributed by atoms with van der Waals surface area (Å²) >= 11 is 0. The number of amides is 5. The summed E-state index contributed by atoms with van der Waals surface area (Å²) in [5, 5.41) is 9.61. The molecule has 1 unspecified atom stereocenters. The second kappa shape index (κ2) is 15.0. The fourth-order valence-electron chi connectivity index (χ4n) is 9.98. The van der Waals surface area contributed by atoms with Crippen molar-refractivity contribution < 1.29 is 42.6 Å². The van der Waals surface area contributed by atoms with Gasteiger partial charge in [0.05, 0.1) is 18.2 Å². The minimum atomic E-state index is -1.04. The Balaban J connectivity index is 0.696. The number of piperidine rings is 2. The van der Waals surface area contributed by atoms with Crippen LogP contribution in [0.25, 0.3) is 21.9 Å². The van der Waals surface area contributed by atoms with Crippen LogP contribution < -0.4 is 30.3 Å². The van der Waals surface area contributed by atoms with Crippen LogP contribution in [0.3, 0.4) is 0 Å². The monoisotopic (exact) mass is 832 g/mol. The van der Waals surface area contributed by atoms with E-state index in [4.69, 9.17) is 14.2 Å². The first-order valence-electron chi connectivity index (χ1n) is 20.8. The molecular weight excluding hydrogens is 788 g/mol. The predicted octanol–water partition coefficient (Wildman–Crippen LogP) is 4.89. The maximum Gasteiger partial charge on any atom is 0.413 e. The molecule has 7 heterocycles. The van der Waals surface area contributed by atoms with E-state index in [-0.39, 0.29) is 41.2 Å². The number of rotatable bonds is 8. The van der Waals surface area contributed by atoms with Crippen LogP contribution in [-0.2, 0) is 14.3 Å². The maximum atomic E-state index is 15.3. The van der Waals surface area contributed by atoms with Crippen molar-refractivity contribution in [1.82, 2.24) is 25.1 Å². The molecule has 1 aliphatic carbocycles. The first-order valence-corrected chi connectivity index (χ1v) is 20.8. The second-order valence-electron chi connectivity index (χ2n) is 17.2. The lowest BCUT2D eigenvalue weighted by atomic mass is 9.61. The lowest BCUT2D eigenvalue weighted by Gasteiger charge is -2.52. The number of pyridine rings is 2. The van der Waals surface area contributed by atoms with Gasteiger partial charge in [0.15, 0.2) is 0 Å². The molecule has 16 nitrogen and oxygen atoms in total. The van der Waals surface area contributed by atoms with Gasteiger partial charge < -0.3 is 29.3 Å². The van der Waals surface area contributed by atoms with E-state index in [1.54, 1.807) is 30.5 Å². The number of benzene rings is 2. The third-order valence-corrected chi connectivity index (χ3v) is 13.3. The highest BCUT2D eigenvalue weighted by Crippen LogP contribution is 2.51. The van der Waals surface area contributed by atoms with E-state index >= 15 is 4.39 Å². The largest absolute Gasteiger partial charge is 0.496 e. The quantitative estimate of drug-likeness (QED) is 0.204. The van der Waals surface area contributed by atoms with Gasteiger partial charge in [0.2, 0.25) is 17.7 Å². The molecule has 5 amide bonds. The molecule has 316 valence electrons. The number of nitrogens with zero attached hydrogens (tertiary/aromatic N) is 5. The fourth-order valence-corrected chi connectivity index (χ4v) is 9.98. The molecular formula is C44H45FN8O8. The molecule has 2 aromatic carbocycles. The van der Waals surface area contributed by atoms with Crippen LogP contribution in [-0.4, -0.2) is 115 Å². The number of anilines is 3. The molecule has 1 saturated carbocycles. The summed E-state index contributed by atoms with van der Waals surface area (Å²) in [4.78, 5) is 78.4. The van der Waals surface area contributed by atoms with Gasteiger partial charge in [-0.25, -0.2) is 19.2 Å². The number of aromatic nitrogens is 2. The SMILES string of the molecule is COc1cc(N2CC(CN3CCC4(CC3)CC(OC(=O)Nc3cc5cc(-c6cnc7c(c6C)NCCO7)c(F)cc5cn3)C4)C2)cc2c1C(=O)N(C1CCC(=O)NC1=O)C2=O. The van der Waals surface area contributed by atoms with Gasteiger partial charge in [-0.1, -0.05) is 0 Å². The Bertz CT molecular complexity index is 2530. The minimum absolute atomic E-state index is 0.0535.